The van der Waals surface area contributed by atoms with E-state index in [9.17, 15) is 4.79 Å². The van der Waals surface area contributed by atoms with Crippen LogP contribution in [-0.4, -0.2) is 23.9 Å². The lowest BCUT2D eigenvalue weighted by Crippen LogP contribution is -2.38. The second-order valence-electron chi connectivity index (χ2n) is 5.45. The van der Waals surface area contributed by atoms with Crippen molar-refractivity contribution < 1.29 is 4.79 Å². The molecule has 2 N–H and O–H groups in total. The molecule has 1 aliphatic rings. The first kappa shape index (κ1) is 13.4. The van der Waals surface area contributed by atoms with E-state index in [4.69, 9.17) is 5.73 Å². The van der Waals surface area contributed by atoms with Gasteiger partial charge in [-0.2, -0.15) is 0 Å². The summed E-state index contributed by atoms with van der Waals surface area (Å²) in [6.07, 6.45) is 4.72. The van der Waals surface area contributed by atoms with Gasteiger partial charge in [-0.3, -0.25) is 4.79 Å². The van der Waals surface area contributed by atoms with Crippen molar-refractivity contribution >= 4 is 22.9 Å². The molecule has 0 radical (unpaired) electrons. The van der Waals surface area contributed by atoms with Crippen molar-refractivity contribution in [2.45, 2.75) is 45.6 Å². The Morgan fingerprint density at radius 2 is 2.00 bits per heavy atom. The van der Waals surface area contributed by atoms with E-state index in [0.717, 1.165) is 34.2 Å². The van der Waals surface area contributed by atoms with Crippen molar-refractivity contribution in [1.29, 1.82) is 0 Å². The monoisotopic (exact) mass is 266 g/mol. The number of hydrogen-bond donors (Lipinski definition) is 1. The molecule has 0 aromatic carbocycles. The predicted molar refractivity (Wildman–Crippen MR) is 77.0 cm³/mol. The lowest BCUT2D eigenvalue weighted by molar-refractivity contribution is 0.0684. The zero-order chi connectivity index (χ0) is 13.3. The molecule has 0 aliphatic heterocycles. The van der Waals surface area contributed by atoms with Crippen molar-refractivity contribution in [2.24, 2.45) is 5.92 Å². The summed E-state index contributed by atoms with van der Waals surface area (Å²) >= 11 is 1.50. The van der Waals surface area contributed by atoms with Gasteiger partial charge in [0.05, 0.1) is 4.88 Å². The fraction of sp³-hybridized carbons (Fsp3) is 0.643. The third-order valence-corrected chi connectivity index (χ3v) is 5.07. The summed E-state index contributed by atoms with van der Waals surface area (Å²) in [5.41, 5.74) is 6.55. The van der Waals surface area contributed by atoms with Gasteiger partial charge in [-0.25, -0.2) is 0 Å². The summed E-state index contributed by atoms with van der Waals surface area (Å²) < 4.78 is 0. The summed E-state index contributed by atoms with van der Waals surface area (Å²) in [7, 11) is 1.92. The number of anilines is 1. The zero-order valence-electron chi connectivity index (χ0n) is 11.4. The topological polar surface area (TPSA) is 46.3 Å². The zero-order valence-corrected chi connectivity index (χ0v) is 12.2. The summed E-state index contributed by atoms with van der Waals surface area (Å²) in [4.78, 5) is 16.1. The van der Waals surface area contributed by atoms with Crippen molar-refractivity contribution in [1.82, 2.24) is 4.90 Å². The summed E-state index contributed by atoms with van der Waals surface area (Å²) in [5, 5.41) is 0. The summed E-state index contributed by atoms with van der Waals surface area (Å²) in [6, 6.07) is 2.21. The first-order chi connectivity index (χ1) is 8.49. The third kappa shape index (κ3) is 2.69. The molecule has 2 rings (SSSR count). The van der Waals surface area contributed by atoms with Gasteiger partial charge in [0, 0.05) is 23.7 Å². The van der Waals surface area contributed by atoms with E-state index in [0.29, 0.717) is 6.04 Å². The molecule has 1 aliphatic carbocycles. The van der Waals surface area contributed by atoms with Crippen LogP contribution in [0.15, 0.2) is 6.07 Å². The molecule has 1 heterocycles. The van der Waals surface area contributed by atoms with Crippen LogP contribution in [0.1, 0.15) is 47.2 Å². The van der Waals surface area contributed by atoms with Crippen molar-refractivity contribution in [2.75, 3.05) is 12.8 Å². The minimum atomic E-state index is 0.124. The highest BCUT2D eigenvalue weighted by Gasteiger charge is 2.26. The van der Waals surface area contributed by atoms with Crippen LogP contribution in [-0.2, 0) is 0 Å². The van der Waals surface area contributed by atoms with E-state index < -0.39 is 0 Å². The number of rotatable bonds is 2. The quantitative estimate of drug-likeness (QED) is 0.893. The number of hydrogen-bond acceptors (Lipinski definition) is 3. The number of nitrogens with zero attached hydrogens (tertiary/aromatic N) is 1. The first-order valence-corrected chi connectivity index (χ1v) is 7.43. The third-order valence-electron chi connectivity index (χ3n) is 4.02. The first-order valence-electron chi connectivity index (χ1n) is 6.62. The molecule has 0 saturated heterocycles. The van der Waals surface area contributed by atoms with E-state index in [1.54, 1.807) is 0 Å². The van der Waals surface area contributed by atoms with Gasteiger partial charge in [-0.1, -0.05) is 6.92 Å². The fourth-order valence-electron chi connectivity index (χ4n) is 2.57. The van der Waals surface area contributed by atoms with E-state index >= 15 is 0 Å². The maximum atomic E-state index is 12.4. The molecule has 1 aromatic rings. The molecule has 1 aromatic heterocycles. The van der Waals surface area contributed by atoms with Gasteiger partial charge >= 0.3 is 0 Å². The van der Waals surface area contributed by atoms with Gasteiger partial charge in [-0.05, 0) is 44.6 Å². The molecule has 3 nitrogen and oxygen atoms in total. The Morgan fingerprint density at radius 3 is 2.50 bits per heavy atom. The Kier molecular flexibility index (Phi) is 3.95. The van der Waals surface area contributed by atoms with Crippen LogP contribution in [0.25, 0.3) is 0 Å². The van der Waals surface area contributed by atoms with Crippen LogP contribution in [0.2, 0.25) is 0 Å². The summed E-state index contributed by atoms with van der Waals surface area (Å²) in [5.74, 6) is 0.934. The van der Waals surface area contributed by atoms with Crippen molar-refractivity contribution in [3.63, 3.8) is 0 Å². The maximum Gasteiger partial charge on any atom is 0.263 e. The molecule has 100 valence electrons. The molecule has 0 spiro atoms. The largest absolute Gasteiger partial charge is 0.398 e. The van der Waals surface area contributed by atoms with Gasteiger partial charge in [0.15, 0.2) is 0 Å². The molecule has 1 fully saturated rings. The minimum absolute atomic E-state index is 0.124. The standard InChI is InChI=1S/C14H22N2OS/c1-9-4-6-11(7-5-9)16(3)14(17)13-8-12(15)10(2)18-13/h8-9,11H,4-7,15H2,1-3H3. The molecule has 0 atom stereocenters. The number of carbonyl (C=O) groups excluding carboxylic acids is 1. The van der Waals surface area contributed by atoms with E-state index in [1.165, 1.54) is 24.2 Å². The normalized spacial score (nSPS) is 23.9. The Hall–Kier alpha value is -1.03. The van der Waals surface area contributed by atoms with E-state index in [1.807, 2.05) is 24.9 Å². The average molecular weight is 266 g/mol. The molecule has 1 saturated carbocycles. The van der Waals surface area contributed by atoms with Gasteiger partial charge in [0.1, 0.15) is 0 Å². The van der Waals surface area contributed by atoms with Crippen LogP contribution in [0.3, 0.4) is 0 Å². The fourth-order valence-corrected chi connectivity index (χ4v) is 3.49. The van der Waals surface area contributed by atoms with Crippen LogP contribution >= 0.6 is 11.3 Å². The lowest BCUT2D eigenvalue weighted by atomic mass is 9.87. The van der Waals surface area contributed by atoms with Crippen molar-refractivity contribution in [3.05, 3.63) is 15.8 Å². The molecule has 0 bridgehead atoms. The smallest absolute Gasteiger partial charge is 0.263 e. The average Bonchev–Trinajstić information content (AvgIpc) is 2.69. The summed E-state index contributed by atoms with van der Waals surface area (Å²) in [6.45, 7) is 4.25. The van der Waals surface area contributed by atoms with Crippen LogP contribution in [0, 0.1) is 12.8 Å². The SMILES string of the molecule is Cc1sc(C(=O)N(C)C2CCC(C)CC2)cc1N. The Morgan fingerprint density at radius 1 is 1.39 bits per heavy atom. The maximum absolute atomic E-state index is 12.4. The lowest BCUT2D eigenvalue weighted by Gasteiger charge is -2.33. The van der Waals surface area contributed by atoms with Crippen molar-refractivity contribution in [3.8, 4) is 0 Å². The Labute approximate surface area is 113 Å². The highest BCUT2D eigenvalue weighted by molar-refractivity contribution is 7.14. The second-order valence-corrected chi connectivity index (χ2v) is 6.71. The van der Waals surface area contributed by atoms with Gasteiger partial charge in [0.2, 0.25) is 0 Å². The van der Waals surface area contributed by atoms with E-state index in [-0.39, 0.29) is 5.91 Å². The molecule has 18 heavy (non-hydrogen) atoms. The number of carbonyl (C=O) groups is 1. The second kappa shape index (κ2) is 5.31. The number of aryl methyl sites for hydroxylation is 1. The Balaban J connectivity index is 2.04. The highest BCUT2D eigenvalue weighted by atomic mass is 32.1. The highest BCUT2D eigenvalue weighted by Crippen LogP contribution is 2.29. The number of thiophene rings is 1. The molecular weight excluding hydrogens is 244 g/mol. The number of nitrogen functional groups attached to an aromatic ring is 1. The van der Waals surface area contributed by atoms with Gasteiger partial charge in [0.25, 0.3) is 5.91 Å². The van der Waals surface area contributed by atoms with Crippen LogP contribution in [0.5, 0.6) is 0 Å². The number of nitrogens with two attached hydrogens (primary N) is 1. The molecular formula is C14H22N2OS. The predicted octanol–water partition coefficient (Wildman–Crippen LogP) is 3.29. The molecule has 4 heteroatoms. The molecule has 0 unspecified atom stereocenters. The van der Waals surface area contributed by atoms with Gasteiger partial charge in [-0.15, -0.1) is 11.3 Å². The van der Waals surface area contributed by atoms with Crippen LogP contribution in [0.4, 0.5) is 5.69 Å². The van der Waals surface area contributed by atoms with Crippen LogP contribution < -0.4 is 5.73 Å². The van der Waals surface area contributed by atoms with Gasteiger partial charge < -0.3 is 10.6 Å². The molecule has 1 amide bonds. The number of amides is 1. The minimum Gasteiger partial charge on any atom is -0.398 e. The van der Waals surface area contributed by atoms with E-state index in [2.05, 4.69) is 6.92 Å². The Bertz CT molecular complexity index is 414.